The van der Waals surface area contributed by atoms with Crippen LogP contribution in [0.4, 0.5) is 0 Å². The maximum absolute atomic E-state index is 3.85. The van der Waals surface area contributed by atoms with E-state index in [2.05, 4.69) is 48.8 Å². The number of rotatable bonds is 5. The summed E-state index contributed by atoms with van der Waals surface area (Å²) in [6, 6.07) is 9.37. The molecule has 20 heavy (non-hydrogen) atoms. The molecular formula is C18H25NS. The fourth-order valence-electron chi connectivity index (χ4n) is 3.71. The van der Waals surface area contributed by atoms with Gasteiger partial charge in [0.15, 0.2) is 0 Å². The van der Waals surface area contributed by atoms with Crippen molar-refractivity contribution < 1.29 is 0 Å². The molecule has 1 atom stereocenters. The fraction of sp³-hybridized carbons (Fsp3) is 0.556. The van der Waals surface area contributed by atoms with Crippen LogP contribution in [0.15, 0.2) is 29.6 Å². The van der Waals surface area contributed by atoms with Gasteiger partial charge in [0, 0.05) is 10.7 Å². The largest absolute Gasteiger partial charge is 0.309 e. The highest BCUT2D eigenvalue weighted by molar-refractivity contribution is 7.17. The van der Waals surface area contributed by atoms with Crippen molar-refractivity contribution in [3.63, 3.8) is 0 Å². The standard InChI is InChI=1S/C18H25NS/c1-3-12-19-17(18(2)10-6-7-11-18)15-13-20-16-9-5-4-8-14(15)16/h4-5,8-9,13,17,19H,3,6-7,10-12H2,1-2H3. The van der Waals surface area contributed by atoms with E-state index in [4.69, 9.17) is 0 Å². The zero-order valence-corrected chi connectivity index (χ0v) is 13.4. The molecule has 0 saturated heterocycles. The third-order valence-corrected chi connectivity index (χ3v) is 5.84. The highest BCUT2D eigenvalue weighted by Crippen LogP contribution is 2.49. The number of benzene rings is 1. The van der Waals surface area contributed by atoms with Gasteiger partial charge in [-0.05, 0) is 53.6 Å². The molecule has 2 aromatic rings. The SMILES string of the molecule is CCCNC(c1csc2ccccc12)C1(C)CCCC1. The van der Waals surface area contributed by atoms with Crippen LogP contribution in [0.3, 0.4) is 0 Å². The predicted octanol–water partition coefficient (Wildman–Crippen LogP) is 5.52. The van der Waals surface area contributed by atoms with Crippen LogP contribution in [0, 0.1) is 5.41 Å². The summed E-state index contributed by atoms with van der Waals surface area (Å²) >= 11 is 1.89. The molecule has 2 heteroatoms. The average molecular weight is 287 g/mol. The van der Waals surface area contributed by atoms with Gasteiger partial charge in [-0.1, -0.05) is 44.9 Å². The van der Waals surface area contributed by atoms with Crippen LogP contribution in [0.5, 0.6) is 0 Å². The molecule has 108 valence electrons. The first-order valence-corrected chi connectivity index (χ1v) is 8.82. The summed E-state index contributed by atoms with van der Waals surface area (Å²) in [4.78, 5) is 0. The van der Waals surface area contributed by atoms with Crippen LogP contribution in [-0.4, -0.2) is 6.54 Å². The third-order valence-electron chi connectivity index (χ3n) is 4.86. The van der Waals surface area contributed by atoms with Gasteiger partial charge in [-0.15, -0.1) is 11.3 Å². The van der Waals surface area contributed by atoms with Crippen molar-refractivity contribution >= 4 is 21.4 Å². The topological polar surface area (TPSA) is 12.0 Å². The highest BCUT2D eigenvalue weighted by Gasteiger charge is 2.38. The van der Waals surface area contributed by atoms with E-state index in [0.29, 0.717) is 11.5 Å². The summed E-state index contributed by atoms with van der Waals surface area (Å²) in [5.74, 6) is 0. The zero-order chi connectivity index (χ0) is 14.0. The lowest BCUT2D eigenvalue weighted by atomic mass is 9.77. The summed E-state index contributed by atoms with van der Waals surface area (Å²) in [6.07, 6.45) is 6.71. The summed E-state index contributed by atoms with van der Waals surface area (Å²) in [5, 5.41) is 7.70. The summed E-state index contributed by atoms with van der Waals surface area (Å²) in [5.41, 5.74) is 1.96. The van der Waals surface area contributed by atoms with E-state index in [1.54, 1.807) is 0 Å². The van der Waals surface area contributed by atoms with Crippen molar-refractivity contribution in [1.29, 1.82) is 0 Å². The van der Waals surface area contributed by atoms with Gasteiger partial charge in [0.05, 0.1) is 0 Å². The average Bonchev–Trinajstić information content (AvgIpc) is 3.07. The van der Waals surface area contributed by atoms with Gasteiger partial charge in [0.25, 0.3) is 0 Å². The molecule has 0 radical (unpaired) electrons. The molecule has 1 nitrogen and oxygen atoms in total. The Labute approximate surface area is 126 Å². The molecule has 1 aromatic heterocycles. The van der Waals surface area contributed by atoms with Gasteiger partial charge in [0.1, 0.15) is 0 Å². The normalized spacial score (nSPS) is 19.5. The minimum Gasteiger partial charge on any atom is -0.309 e. The Morgan fingerprint density at radius 2 is 2.00 bits per heavy atom. The number of thiophene rings is 1. The monoisotopic (exact) mass is 287 g/mol. The first kappa shape index (κ1) is 14.1. The quantitative estimate of drug-likeness (QED) is 0.763. The van der Waals surface area contributed by atoms with Crippen LogP contribution in [-0.2, 0) is 0 Å². The molecule has 1 unspecified atom stereocenters. The molecule has 1 N–H and O–H groups in total. The summed E-state index contributed by atoms with van der Waals surface area (Å²) < 4.78 is 1.42. The van der Waals surface area contributed by atoms with Crippen LogP contribution < -0.4 is 5.32 Å². The molecule has 0 aliphatic heterocycles. The van der Waals surface area contributed by atoms with Crippen LogP contribution in [0.1, 0.15) is 57.6 Å². The number of hydrogen-bond donors (Lipinski definition) is 1. The van der Waals surface area contributed by atoms with Crippen molar-refractivity contribution in [2.75, 3.05) is 6.54 Å². The van der Waals surface area contributed by atoms with E-state index in [1.807, 2.05) is 11.3 Å². The van der Waals surface area contributed by atoms with Crippen molar-refractivity contribution in [2.24, 2.45) is 5.41 Å². The molecule has 1 fully saturated rings. The van der Waals surface area contributed by atoms with Crippen LogP contribution in [0.25, 0.3) is 10.1 Å². The lowest BCUT2D eigenvalue weighted by Gasteiger charge is -2.35. The molecule has 1 aliphatic rings. The molecule has 0 spiro atoms. The number of hydrogen-bond acceptors (Lipinski definition) is 2. The van der Waals surface area contributed by atoms with Gasteiger partial charge >= 0.3 is 0 Å². The molecule has 1 heterocycles. The van der Waals surface area contributed by atoms with Gasteiger partial charge in [-0.2, -0.15) is 0 Å². The predicted molar refractivity (Wildman–Crippen MR) is 89.4 cm³/mol. The van der Waals surface area contributed by atoms with Crippen LogP contribution >= 0.6 is 11.3 Å². The molecule has 1 aliphatic carbocycles. The highest BCUT2D eigenvalue weighted by atomic mass is 32.1. The minimum absolute atomic E-state index is 0.430. The van der Waals surface area contributed by atoms with Gasteiger partial charge in [0.2, 0.25) is 0 Å². The Hall–Kier alpha value is -0.860. The van der Waals surface area contributed by atoms with Crippen molar-refractivity contribution in [1.82, 2.24) is 5.32 Å². The Morgan fingerprint density at radius 1 is 1.25 bits per heavy atom. The molecule has 1 saturated carbocycles. The smallest absolute Gasteiger partial charge is 0.0389 e. The maximum Gasteiger partial charge on any atom is 0.0389 e. The van der Waals surface area contributed by atoms with E-state index in [9.17, 15) is 0 Å². The van der Waals surface area contributed by atoms with E-state index < -0.39 is 0 Å². The van der Waals surface area contributed by atoms with E-state index in [-0.39, 0.29) is 0 Å². The van der Waals surface area contributed by atoms with E-state index >= 15 is 0 Å². The molecule has 3 rings (SSSR count). The van der Waals surface area contributed by atoms with Crippen molar-refractivity contribution in [2.45, 2.75) is 52.0 Å². The molecule has 0 bridgehead atoms. The second kappa shape index (κ2) is 5.87. The van der Waals surface area contributed by atoms with Gasteiger partial charge in [-0.3, -0.25) is 0 Å². The zero-order valence-electron chi connectivity index (χ0n) is 12.6. The van der Waals surface area contributed by atoms with Crippen molar-refractivity contribution in [3.8, 4) is 0 Å². The first-order chi connectivity index (χ1) is 9.74. The van der Waals surface area contributed by atoms with E-state index in [0.717, 1.165) is 6.54 Å². The van der Waals surface area contributed by atoms with E-state index in [1.165, 1.54) is 47.8 Å². The maximum atomic E-state index is 3.85. The number of fused-ring (bicyclic) bond motifs is 1. The Morgan fingerprint density at radius 3 is 2.75 bits per heavy atom. The second-order valence-electron chi connectivity index (χ2n) is 6.44. The summed E-state index contributed by atoms with van der Waals surface area (Å²) in [7, 11) is 0. The number of nitrogens with one attached hydrogen (secondary N) is 1. The Bertz CT molecular complexity index is 566. The molecule has 1 aromatic carbocycles. The molecule has 0 amide bonds. The summed E-state index contributed by atoms with van der Waals surface area (Å²) in [6.45, 7) is 5.86. The van der Waals surface area contributed by atoms with Crippen LogP contribution in [0.2, 0.25) is 0 Å². The minimum atomic E-state index is 0.430. The van der Waals surface area contributed by atoms with Crippen molar-refractivity contribution in [3.05, 3.63) is 35.2 Å². The fourth-order valence-corrected chi connectivity index (χ4v) is 4.70. The Kier molecular flexibility index (Phi) is 4.13. The van der Waals surface area contributed by atoms with Gasteiger partial charge in [-0.25, -0.2) is 0 Å². The lowest BCUT2D eigenvalue weighted by Crippen LogP contribution is -2.34. The lowest BCUT2D eigenvalue weighted by molar-refractivity contribution is 0.225. The third kappa shape index (κ3) is 2.51. The van der Waals surface area contributed by atoms with Gasteiger partial charge < -0.3 is 5.32 Å². The Balaban J connectivity index is 2.00. The second-order valence-corrected chi connectivity index (χ2v) is 7.35. The molecular weight excluding hydrogens is 262 g/mol. The first-order valence-electron chi connectivity index (χ1n) is 7.94.